The van der Waals surface area contributed by atoms with Gasteiger partial charge in [-0.25, -0.2) is 4.98 Å². The number of primary amides is 1. The molecule has 8 nitrogen and oxygen atoms in total. The average Bonchev–Trinajstić information content (AvgIpc) is 2.59. The minimum Gasteiger partial charge on any atom is -0.370 e. The van der Waals surface area contributed by atoms with Gasteiger partial charge in [0.2, 0.25) is 5.91 Å². The lowest BCUT2D eigenvalue weighted by Gasteiger charge is -2.33. The van der Waals surface area contributed by atoms with Crippen LogP contribution < -0.4 is 10.6 Å². The molecule has 3 rings (SSSR count). The van der Waals surface area contributed by atoms with E-state index in [0.717, 1.165) is 19.4 Å². The van der Waals surface area contributed by atoms with Gasteiger partial charge in [0.1, 0.15) is 5.82 Å². The number of nitro benzene ring substituents is 1. The molecule has 1 aromatic heterocycles. The third kappa shape index (κ3) is 3.50. The van der Waals surface area contributed by atoms with Crippen molar-refractivity contribution in [2.45, 2.75) is 19.3 Å². The Balaban J connectivity index is 1.97. The number of rotatable bonds is 4. The van der Waals surface area contributed by atoms with Gasteiger partial charge in [0.15, 0.2) is 0 Å². The molecule has 1 aliphatic heterocycles. The van der Waals surface area contributed by atoms with E-state index in [2.05, 4.69) is 11.1 Å². The number of benzene rings is 1. The largest absolute Gasteiger partial charge is 0.370 e. The van der Waals surface area contributed by atoms with Crippen LogP contribution in [0.3, 0.4) is 0 Å². The maximum absolute atomic E-state index is 11.2. The highest BCUT2D eigenvalue weighted by Gasteiger charge is 2.23. The summed E-state index contributed by atoms with van der Waals surface area (Å²) < 4.78 is 0. The molecule has 2 aromatic rings. The fourth-order valence-corrected chi connectivity index (χ4v) is 3.29. The van der Waals surface area contributed by atoms with Gasteiger partial charge in [-0.05, 0) is 30.9 Å². The topological polar surface area (TPSA) is 126 Å². The number of hydrogen-bond donors (Lipinski definition) is 1. The van der Waals surface area contributed by atoms with Gasteiger partial charge in [0.05, 0.1) is 22.1 Å². The number of nitriles is 1. The van der Waals surface area contributed by atoms with Crippen LogP contribution in [-0.2, 0) is 4.79 Å². The molecule has 8 heteroatoms. The van der Waals surface area contributed by atoms with E-state index in [0.29, 0.717) is 35.2 Å². The Bertz CT molecular complexity index is 890. The zero-order valence-corrected chi connectivity index (χ0v) is 13.5. The molecule has 0 radical (unpaired) electrons. The van der Waals surface area contributed by atoms with Crippen LogP contribution in [0.4, 0.5) is 11.5 Å². The number of nitro groups is 1. The number of piperidine rings is 1. The van der Waals surface area contributed by atoms with Crippen molar-refractivity contribution < 1.29 is 9.72 Å². The van der Waals surface area contributed by atoms with E-state index < -0.39 is 4.92 Å². The molecular weight excluding hydrogens is 322 g/mol. The smallest absolute Gasteiger partial charge is 0.270 e. The number of carbonyl (C=O) groups is 1. The van der Waals surface area contributed by atoms with E-state index in [-0.39, 0.29) is 17.5 Å². The molecule has 1 amide bonds. The number of aromatic nitrogens is 1. The van der Waals surface area contributed by atoms with E-state index in [1.165, 1.54) is 12.1 Å². The number of amides is 1. The summed E-state index contributed by atoms with van der Waals surface area (Å²) in [4.78, 5) is 28.2. The Morgan fingerprint density at radius 2 is 2.28 bits per heavy atom. The van der Waals surface area contributed by atoms with Gasteiger partial charge in [0, 0.05) is 37.0 Å². The predicted octanol–water partition coefficient (Wildman–Crippen LogP) is 2.11. The first-order valence-corrected chi connectivity index (χ1v) is 8.00. The van der Waals surface area contributed by atoms with Crippen molar-refractivity contribution in [3.05, 3.63) is 39.9 Å². The Kier molecular flexibility index (Phi) is 4.48. The summed E-state index contributed by atoms with van der Waals surface area (Å²) in [5, 5.41) is 20.8. The first-order valence-electron chi connectivity index (χ1n) is 8.00. The summed E-state index contributed by atoms with van der Waals surface area (Å²) in [5.74, 6) is 0.501. The standard InChI is InChI=1S/C17H17N5O3/c18-9-12-7-17(21-5-1-2-11(10-21)6-16(19)23)20-15-4-3-13(22(24)25)8-14(12)15/h3-4,7-8,11H,1-2,5-6,10H2,(H2,19,23). The van der Waals surface area contributed by atoms with Crippen LogP contribution in [0.25, 0.3) is 10.9 Å². The molecule has 0 saturated carbocycles. The second-order valence-electron chi connectivity index (χ2n) is 6.22. The number of fused-ring (bicyclic) bond motifs is 1. The van der Waals surface area contributed by atoms with Gasteiger partial charge >= 0.3 is 0 Å². The second kappa shape index (κ2) is 6.73. The van der Waals surface area contributed by atoms with Gasteiger partial charge in [-0.3, -0.25) is 14.9 Å². The lowest BCUT2D eigenvalue weighted by atomic mass is 9.94. The summed E-state index contributed by atoms with van der Waals surface area (Å²) in [7, 11) is 0. The fourth-order valence-electron chi connectivity index (χ4n) is 3.29. The number of carbonyl (C=O) groups excluding carboxylic acids is 1. The summed E-state index contributed by atoms with van der Waals surface area (Å²) >= 11 is 0. The molecule has 0 bridgehead atoms. The van der Waals surface area contributed by atoms with Crippen LogP contribution in [0, 0.1) is 27.4 Å². The van der Waals surface area contributed by atoms with E-state index in [1.807, 2.05) is 4.90 Å². The number of nitrogens with two attached hydrogens (primary N) is 1. The van der Waals surface area contributed by atoms with Crippen LogP contribution in [0.2, 0.25) is 0 Å². The summed E-state index contributed by atoms with van der Waals surface area (Å²) in [6.07, 6.45) is 2.19. The van der Waals surface area contributed by atoms with Crippen molar-refractivity contribution in [3.63, 3.8) is 0 Å². The number of pyridine rings is 1. The highest BCUT2D eigenvalue weighted by atomic mass is 16.6. The summed E-state index contributed by atoms with van der Waals surface area (Å²) in [6.45, 7) is 1.44. The normalized spacial score (nSPS) is 17.2. The first-order chi connectivity index (χ1) is 12.0. The Labute approximate surface area is 144 Å². The summed E-state index contributed by atoms with van der Waals surface area (Å²) in [6, 6.07) is 8.06. The van der Waals surface area contributed by atoms with Gasteiger partial charge in [-0.2, -0.15) is 5.26 Å². The monoisotopic (exact) mass is 339 g/mol. The van der Waals surface area contributed by atoms with Gasteiger partial charge in [-0.1, -0.05) is 0 Å². The molecular formula is C17H17N5O3. The number of non-ortho nitro benzene ring substituents is 1. The second-order valence-corrected chi connectivity index (χ2v) is 6.22. The Morgan fingerprint density at radius 1 is 1.48 bits per heavy atom. The molecule has 1 unspecified atom stereocenters. The molecule has 25 heavy (non-hydrogen) atoms. The van der Waals surface area contributed by atoms with Crippen molar-refractivity contribution in [2.24, 2.45) is 11.7 Å². The molecule has 0 aliphatic carbocycles. The maximum atomic E-state index is 11.2. The van der Waals surface area contributed by atoms with Crippen molar-refractivity contribution in [3.8, 4) is 6.07 Å². The van der Waals surface area contributed by atoms with Crippen LogP contribution in [0.1, 0.15) is 24.8 Å². The van der Waals surface area contributed by atoms with Crippen LogP contribution in [-0.4, -0.2) is 28.9 Å². The van der Waals surface area contributed by atoms with Crippen LogP contribution >= 0.6 is 0 Å². The summed E-state index contributed by atoms with van der Waals surface area (Å²) in [5.41, 5.74) is 6.11. The quantitative estimate of drug-likeness (QED) is 0.671. The number of anilines is 1. The molecule has 2 N–H and O–H groups in total. The first kappa shape index (κ1) is 16.6. The third-order valence-corrected chi connectivity index (χ3v) is 4.44. The highest BCUT2D eigenvalue weighted by Crippen LogP contribution is 2.29. The average molecular weight is 339 g/mol. The number of nitrogens with zero attached hydrogens (tertiary/aromatic N) is 4. The van der Waals surface area contributed by atoms with Gasteiger partial charge < -0.3 is 10.6 Å². The number of hydrogen-bond acceptors (Lipinski definition) is 6. The van der Waals surface area contributed by atoms with Crippen LogP contribution in [0.15, 0.2) is 24.3 Å². The molecule has 128 valence electrons. The van der Waals surface area contributed by atoms with Crippen molar-refractivity contribution in [2.75, 3.05) is 18.0 Å². The van der Waals surface area contributed by atoms with E-state index in [1.54, 1.807) is 12.1 Å². The van der Waals surface area contributed by atoms with Crippen molar-refractivity contribution >= 4 is 28.3 Å². The zero-order valence-electron chi connectivity index (χ0n) is 13.5. The lowest BCUT2D eigenvalue weighted by molar-refractivity contribution is -0.384. The molecule has 0 spiro atoms. The molecule has 1 fully saturated rings. The van der Waals surface area contributed by atoms with E-state index in [4.69, 9.17) is 5.73 Å². The molecule has 1 saturated heterocycles. The van der Waals surface area contributed by atoms with Crippen molar-refractivity contribution in [1.82, 2.24) is 4.98 Å². The fraction of sp³-hybridized carbons (Fsp3) is 0.353. The molecule has 2 heterocycles. The van der Waals surface area contributed by atoms with Gasteiger partial charge in [-0.15, -0.1) is 0 Å². The zero-order chi connectivity index (χ0) is 18.0. The molecule has 1 atom stereocenters. The molecule has 1 aromatic carbocycles. The minimum atomic E-state index is -0.492. The maximum Gasteiger partial charge on any atom is 0.270 e. The minimum absolute atomic E-state index is 0.0713. The van der Waals surface area contributed by atoms with Crippen LogP contribution in [0.5, 0.6) is 0 Å². The van der Waals surface area contributed by atoms with Gasteiger partial charge in [0.25, 0.3) is 5.69 Å². The van der Waals surface area contributed by atoms with E-state index >= 15 is 0 Å². The lowest BCUT2D eigenvalue weighted by Crippen LogP contribution is -2.37. The Morgan fingerprint density at radius 3 is 2.96 bits per heavy atom. The predicted molar refractivity (Wildman–Crippen MR) is 91.9 cm³/mol. The Hall–Kier alpha value is -3.21. The SMILES string of the molecule is N#Cc1cc(N2CCCC(CC(N)=O)C2)nc2ccc([N+](=O)[O-])cc12. The van der Waals surface area contributed by atoms with Crippen molar-refractivity contribution in [1.29, 1.82) is 5.26 Å². The van der Waals surface area contributed by atoms with E-state index in [9.17, 15) is 20.2 Å². The highest BCUT2D eigenvalue weighted by molar-refractivity contribution is 5.88. The third-order valence-electron chi connectivity index (χ3n) is 4.44. The molecule has 1 aliphatic rings.